The van der Waals surface area contributed by atoms with Gasteiger partial charge in [0, 0.05) is 15.6 Å². The Morgan fingerprint density at radius 3 is 2.28 bits per heavy atom. The lowest BCUT2D eigenvalue weighted by Gasteiger charge is -2.42. The molecule has 0 saturated heterocycles. The van der Waals surface area contributed by atoms with Gasteiger partial charge in [-0.25, -0.2) is 9.97 Å². The molecule has 2 aromatic heterocycles. The largest absolute Gasteiger partial charge is 0.235 e. The van der Waals surface area contributed by atoms with Crippen molar-refractivity contribution in [2.24, 2.45) is 0 Å². The van der Waals surface area contributed by atoms with E-state index >= 15 is 0 Å². The van der Waals surface area contributed by atoms with Crippen LogP contribution in [0.4, 0.5) is 0 Å². The van der Waals surface area contributed by atoms with Crippen LogP contribution >= 0.6 is 11.3 Å². The van der Waals surface area contributed by atoms with Crippen molar-refractivity contribution in [1.29, 1.82) is 0 Å². The van der Waals surface area contributed by atoms with Gasteiger partial charge in [-0.3, -0.25) is 0 Å². The first kappa shape index (κ1) is 23.8. The van der Waals surface area contributed by atoms with E-state index in [-0.39, 0.29) is 10.8 Å². The first-order chi connectivity index (χ1) is 16.9. The predicted octanol–water partition coefficient (Wildman–Crippen LogP) is 8.87. The van der Waals surface area contributed by atoms with Gasteiger partial charge in [0.2, 0.25) is 0 Å². The van der Waals surface area contributed by atoms with Crippen LogP contribution in [0.2, 0.25) is 19.6 Å². The molecule has 4 heteroatoms. The second-order valence-corrected chi connectivity index (χ2v) is 19.2. The van der Waals surface area contributed by atoms with Crippen LogP contribution in [0.5, 0.6) is 0 Å². The normalized spacial score (nSPS) is 17.1. The van der Waals surface area contributed by atoms with Gasteiger partial charge in [-0.05, 0) is 58.6 Å². The minimum atomic E-state index is -1.57. The number of rotatable bonds is 2. The summed E-state index contributed by atoms with van der Waals surface area (Å²) in [6.45, 7) is 19.2. The molecular weight excluding hydrogens is 473 g/mol. The van der Waals surface area contributed by atoms with Gasteiger partial charge >= 0.3 is 0 Å². The second-order valence-electron chi connectivity index (χ2n) is 13.1. The summed E-state index contributed by atoms with van der Waals surface area (Å²) in [7, 11) is -1.57. The summed E-state index contributed by atoms with van der Waals surface area (Å²) in [4.78, 5) is 9.76. The molecule has 0 saturated carbocycles. The van der Waals surface area contributed by atoms with E-state index in [0.717, 1.165) is 11.2 Å². The van der Waals surface area contributed by atoms with Gasteiger partial charge in [-0.15, -0.1) is 11.3 Å². The van der Waals surface area contributed by atoms with E-state index < -0.39 is 8.07 Å². The van der Waals surface area contributed by atoms with Crippen LogP contribution in [0, 0.1) is 6.92 Å². The van der Waals surface area contributed by atoms with Crippen molar-refractivity contribution in [1.82, 2.24) is 9.97 Å². The van der Waals surface area contributed by atoms with Crippen LogP contribution in [0.1, 0.15) is 57.2 Å². The number of aryl methyl sites for hydroxylation is 1. The Hall–Kier alpha value is -2.56. The van der Waals surface area contributed by atoms with Gasteiger partial charge in [0.15, 0.2) is 0 Å². The maximum absolute atomic E-state index is 4.92. The molecule has 0 radical (unpaired) electrons. The minimum Gasteiger partial charge on any atom is -0.235 e. The van der Waals surface area contributed by atoms with Gasteiger partial charge in [-0.2, -0.15) is 0 Å². The van der Waals surface area contributed by atoms with E-state index in [0.29, 0.717) is 0 Å². The molecule has 0 N–H and O–H groups in total. The zero-order valence-electron chi connectivity index (χ0n) is 22.8. The van der Waals surface area contributed by atoms with Crippen LogP contribution in [0.15, 0.2) is 48.8 Å². The fraction of sp³-hybridized carbons (Fsp3) is 0.375. The third-order valence-corrected chi connectivity index (χ3v) is 11.6. The van der Waals surface area contributed by atoms with Crippen molar-refractivity contribution in [2.45, 2.75) is 77.9 Å². The zero-order chi connectivity index (χ0) is 25.6. The van der Waals surface area contributed by atoms with Gasteiger partial charge in [0.25, 0.3) is 0 Å². The summed E-state index contributed by atoms with van der Waals surface area (Å²) >= 11 is 1.91. The first-order valence-corrected chi connectivity index (χ1v) is 17.4. The molecule has 5 aromatic rings. The Kier molecular flexibility index (Phi) is 5.11. The number of fused-ring (bicyclic) bond motifs is 6. The van der Waals surface area contributed by atoms with Crippen LogP contribution in [0.3, 0.4) is 0 Å². The van der Waals surface area contributed by atoms with Gasteiger partial charge in [0.05, 0.1) is 24.0 Å². The van der Waals surface area contributed by atoms with E-state index in [9.17, 15) is 0 Å². The number of nitrogens with zero attached hydrogens (tertiary/aromatic N) is 2. The van der Waals surface area contributed by atoms with Gasteiger partial charge in [0.1, 0.15) is 6.33 Å². The summed E-state index contributed by atoms with van der Waals surface area (Å²) in [6.07, 6.45) is 4.21. The highest BCUT2D eigenvalue weighted by atomic mass is 32.1. The Morgan fingerprint density at radius 1 is 0.806 bits per heavy atom. The molecule has 0 amide bonds. The lowest BCUT2D eigenvalue weighted by Crippen LogP contribution is -2.38. The number of thiophene rings is 1. The molecule has 0 unspecified atom stereocenters. The Balaban J connectivity index is 1.68. The molecule has 1 aliphatic carbocycles. The molecule has 0 atom stereocenters. The summed E-state index contributed by atoms with van der Waals surface area (Å²) in [5, 5.41) is 5.50. The standard InChI is InChI=1S/C32H36N2SSi/c1-19-9-10-22-20(15-19)16-21(17-25(22)36(6,7)8)27-30-28(34-18-33-27)23-11-12-24-26(29(23)35-30)32(4,5)14-13-31(24,2)3/h9-12,15-18H,13-14H2,1-8H3. The average Bonchev–Trinajstić information content (AvgIpc) is 3.19. The Bertz CT molecular complexity index is 1680. The zero-order valence-corrected chi connectivity index (χ0v) is 24.7. The van der Waals surface area contributed by atoms with Crippen LogP contribution in [-0.4, -0.2) is 18.0 Å². The molecule has 1 aliphatic rings. The third kappa shape index (κ3) is 3.56. The van der Waals surface area contributed by atoms with E-state index in [1.807, 2.05) is 11.3 Å². The summed E-state index contributed by atoms with van der Waals surface area (Å²) in [5.74, 6) is 0. The van der Waals surface area contributed by atoms with Crippen LogP contribution in [-0.2, 0) is 10.8 Å². The molecule has 0 fully saturated rings. The maximum atomic E-state index is 4.92. The molecule has 3 aromatic carbocycles. The van der Waals surface area contributed by atoms with E-state index in [1.54, 1.807) is 6.33 Å². The van der Waals surface area contributed by atoms with Crippen molar-refractivity contribution in [3.63, 3.8) is 0 Å². The molecule has 2 nitrogen and oxygen atoms in total. The highest BCUT2D eigenvalue weighted by Crippen LogP contribution is 2.51. The van der Waals surface area contributed by atoms with Crippen molar-refractivity contribution in [3.8, 4) is 11.3 Å². The van der Waals surface area contributed by atoms with Crippen molar-refractivity contribution >= 4 is 55.7 Å². The lowest BCUT2D eigenvalue weighted by atomic mass is 9.63. The molecular formula is C32H36N2SSi. The number of hydrogen-bond acceptors (Lipinski definition) is 3. The summed E-state index contributed by atoms with van der Waals surface area (Å²) in [5.41, 5.74) is 8.09. The predicted molar refractivity (Wildman–Crippen MR) is 161 cm³/mol. The smallest absolute Gasteiger partial charge is 0.116 e. The summed E-state index contributed by atoms with van der Waals surface area (Å²) in [6, 6.07) is 16.4. The van der Waals surface area contributed by atoms with Crippen molar-refractivity contribution in [2.75, 3.05) is 0 Å². The highest BCUT2D eigenvalue weighted by Gasteiger charge is 2.39. The highest BCUT2D eigenvalue weighted by molar-refractivity contribution is 7.26. The number of hydrogen-bond donors (Lipinski definition) is 0. The molecule has 6 rings (SSSR count). The maximum Gasteiger partial charge on any atom is 0.116 e. The average molecular weight is 509 g/mol. The monoisotopic (exact) mass is 508 g/mol. The fourth-order valence-corrected chi connectivity index (χ4v) is 9.33. The lowest BCUT2D eigenvalue weighted by molar-refractivity contribution is 0.335. The number of benzene rings is 3. The van der Waals surface area contributed by atoms with Gasteiger partial charge < -0.3 is 0 Å². The van der Waals surface area contributed by atoms with Gasteiger partial charge in [-0.1, -0.05) is 94.5 Å². The minimum absolute atomic E-state index is 0.157. The SMILES string of the molecule is Cc1ccc2c([Si](C)(C)C)cc(-c3ncnc4c3sc3c5c(ccc34)C(C)(C)CCC5(C)C)cc2c1. The second kappa shape index (κ2) is 7.72. The first-order valence-electron chi connectivity index (χ1n) is 13.1. The van der Waals surface area contributed by atoms with Crippen LogP contribution in [0.25, 0.3) is 42.3 Å². The topological polar surface area (TPSA) is 25.8 Å². The molecule has 0 aliphatic heterocycles. The molecule has 0 bridgehead atoms. The molecule has 36 heavy (non-hydrogen) atoms. The van der Waals surface area contributed by atoms with Crippen molar-refractivity contribution < 1.29 is 0 Å². The quantitative estimate of drug-likeness (QED) is 0.223. The third-order valence-electron chi connectivity index (χ3n) is 8.39. The van der Waals surface area contributed by atoms with E-state index in [2.05, 4.69) is 96.7 Å². The van der Waals surface area contributed by atoms with Crippen LogP contribution < -0.4 is 5.19 Å². The van der Waals surface area contributed by atoms with E-state index in [1.165, 1.54) is 65.8 Å². The molecule has 2 heterocycles. The number of aromatic nitrogens is 2. The Morgan fingerprint density at radius 2 is 1.53 bits per heavy atom. The fourth-order valence-electron chi connectivity index (χ4n) is 6.21. The summed E-state index contributed by atoms with van der Waals surface area (Å²) < 4.78 is 2.62. The molecule has 184 valence electrons. The van der Waals surface area contributed by atoms with E-state index in [4.69, 9.17) is 9.97 Å². The Labute approximate surface area is 219 Å². The molecule has 0 spiro atoms. The van der Waals surface area contributed by atoms with Crippen molar-refractivity contribution in [3.05, 3.63) is 65.5 Å².